The number of ether oxygens (including phenoxy) is 3. The number of halogens is 1. The lowest BCUT2D eigenvalue weighted by atomic mass is 9.91. The smallest absolute Gasteiger partial charge is 0.238 e. The van der Waals surface area contributed by atoms with Gasteiger partial charge in [-0.25, -0.2) is 4.39 Å². The number of nitrogens with one attached hydrogen (secondary N) is 1. The molecule has 8 heteroatoms. The zero-order chi connectivity index (χ0) is 29.6. The Morgan fingerprint density at radius 2 is 1.76 bits per heavy atom. The highest BCUT2D eigenvalue weighted by atomic mass is 19.1. The molecule has 0 spiro atoms. The van der Waals surface area contributed by atoms with Gasteiger partial charge in [0.15, 0.2) is 11.5 Å². The summed E-state index contributed by atoms with van der Waals surface area (Å²) in [4.78, 5) is 15.8. The molecule has 42 heavy (non-hydrogen) atoms. The highest BCUT2D eigenvalue weighted by molar-refractivity contribution is 5.94. The predicted molar refractivity (Wildman–Crippen MR) is 161 cm³/mol. The Morgan fingerprint density at radius 1 is 1.02 bits per heavy atom. The summed E-state index contributed by atoms with van der Waals surface area (Å²) >= 11 is 0. The summed E-state index contributed by atoms with van der Waals surface area (Å²) in [5.41, 5.74) is 5.79. The number of aryl methyl sites for hydroxylation is 3. The van der Waals surface area contributed by atoms with Crippen molar-refractivity contribution >= 4 is 11.6 Å². The SMILES string of the molecule is CCCc1cc([C@@H]2C[C@H](c3ccc(OCCO)cc3)N(CC(=O)Nc3c(CC)cc(F)cc3CC)C2)cc2c1OCO2. The molecule has 2 aliphatic heterocycles. The van der Waals surface area contributed by atoms with Crippen molar-refractivity contribution < 1.29 is 28.5 Å². The number of aliphatic hydroxyl groups is 1. The molecule has 0 bridgehead atoms. The molecule has 0 aromatic heterocycles. The van der Waals surface area contributed by atoms with Crippen LogP contribution in [0.3, 0.4) is 0 Å². The molecule has 3 aromatic carbocycles. The van der Waals surface area contributed by atoms with E-state index in [0.29, 0.717) is 25.1 Å². The molecule has 1 fully saturated rings. The van der Waals surface area contributed by atoms with Gasteiger partial charge in [-0.05, 0) is 89.8 Å². The average Bonchev–Trinajstić information content (AvgIpc) is 3.64. The summed E-state index contributed by atoms with van der Waals surface area (Å²) < 4.78 is 31.3. The Morgan fingerprint density at radius 3 is 2.43 bits per heavy atom. The number of carbonyl (C=O) groups is 1. The van der Waals surface area contributed by atoms with Gasteiger partial charge in [-0.15, -0.1) is 0 Å². The first kappa shape index (κ1) is 29.9. The van der Waals surface area contributed by atoms with Crippen LogP contribution in [-0.2, 0) is 24.1 Å². The van der Waals surface area contributed by atoms with Crippen molar-refractivity contribution in [3.8, 4) is 17.2 Å². The lowest BCUT2D eigenvalue weighted by Gasteiger charge is -2.25. The largest absolute Gasteiger partial charge is 0.491 e. The van der Waals surface area contributed by atoms with Gasteiger partial charge < -0.3 is 24.6 Å². The monoisotopic (exact) mass is 576 g/mol. The fourth-order valence-corrected chi connectivity index (χ4v) is 6.22. The normalized spacial score (nSPS) is 17.9. The van der Waals surface area contributed by atoms with Crippen LogP contribution in [0.4, 0.5) is 10.1 Å². The van der Waals surface area contributed by atoms with E-state index in [0.717, 1.165) is 58.7 Å². The maximum atomic E-state index is 14.2. The Labute approximate surface area is 247 Å². The van der Waals surface area contributed by atoms with Crippen molar-refractivity contribution in [3.63, 3.8) is 0 Å². The van der Waals surface area contributed by atoms with Crippen LogP contribution in [-0.4, -0.2) is 49.0 Å². The second-order valence-electron chi connectivity index (χ2n) is 11.0. The quantitative estimate of drug-likeness (QED) is 0.268. The Balaban J connectivity index is 1.41. The second kappa shape index (κ2) is 13.6. The molecule has 0 unspecified atom stereocenters. The van der Waals surface area contributed by atoms with E-state index < -0.39 is 0 Å². The number of fused-ring (bicyclic) bond motifs is 1. The summed E-state index contributed by atoms with van der Waals surface area (Å²) in [5.74, 6) is 2.15. The summed E-state index contributed by atoms with van der Waals surface area (Å²) in [7, 11) is 0. The van der Waals surface area contributed by atoms with Crippen LogP contribution in [0.5, 0.6) is 17.2 Å². The minimum absolute atomic E-state index is 0.0113. The van der Waals surface area contributed by atoms with Crippen LogP contribution in [0.25, 0.3) is 0 Å². The minimum atomic E-state index is -0.276. The molecule has 0 radical (unpaired) electrons. The minimum Gasteiger partial charge on any atom is -0.491 e. The highest BCUT2D eigenvalue weighted by Gasteiger charge is 2.36. The van der Waals surface area contributed by atoms with Crippen LogP contribution >= 0.6 is 0 Å². The molecule has 7 nitrogen and oxygen atoms in total. The van der Waals surface area contributed by atoms with E-state index >= 15 is 0 Å². The van der Waals surface area contributed by atoms with Crippen molar-refractivity contribution in [3.05, 3.63) is 82.2 Å². The van der Waals surface area contributed by atoms with E-state index in [1.54, 1.807) is 0 Å². The number of benzene rings is 3. The van der Waals surface area contributed by atoms with Crippen molar-refractivity contribution in [1.82, 2.24) is 4.90 Å². The van der Waals surface area contributed by atoms with Crippen LogP contribution < -0.4 is 19.5 Å². The molecular formula is C34H41FN2O5. The topological polar surface area (TPSA) is 80.3 Å². The van der Waals surface area contributed by atoms with Gasteiger partial charge in [-0.3, -0.25) is 9.69 Å². The first-order valence-electron chi connectivity index (χ1n) is 15.0. The third kappa shape index (κ3) is 6.55. The fraction of sp³-hybridized carbons (Fsp3) is 0.441. The number of amides is 1. The number of aliphatic hydroxyl groups excluding tert-OH is 1. The Kier molecular flexibility index (Phi) is 9.65. The molecular weight excluding hydrogens is 535 g/mol. The number of anilines is 1. The molecule has 2 aliphatic rings. The summed E-state index contributed by atoms with van der Waals surface area (Å²) in [6.45, 7) is 7.44. The van der Waals surface area contributed by atoms with E-state index in [-0.39, 0.29) is 50.2 Å². The third-order valence-electron chi connectivity index (χ3n) is 8.23. The van der Waals surface area contributed by atoms with Crippen molar-refractivity contribution in [2.75, 3.05) is 38.4 Å². The zero-order valence-electron chi connectivity index (χ0n) is 24.7. The van der Waals surface area contributed by atoms with E-state index in [4.69, 9.17) is 19.3 Å². The summed E-state index contributed by atoms with van der Waals surface area (Å²) in [6.07, 6.45) is 4.01. The number of hydrogen-bond acceptors (Lipinski definition) is 6. The van der Waals surface area contributed by atoms with Gasteiger partial charge in [0.05, 0.1) is 13.2 Å². The van der Waals surface area contributed by atoms with Crippen LogP contribution in [0.2, 0.25) is 0 Å². The number of rotatable bonds is 12. The van der Waals surface area contributed by atoms with Crippen molar-refractivity contribution in [2.24, 2.45) is 0 Å². The molecule has 224 valence electrons. The predicted octanol–water partition coefficient (Wildman–Crippen LogP) is 6.17. The molecule has 3 aromatic rings. The first-order chi connectivity index (χ1) is 20.4. The van der Waals surface area contributed by atoms with Gasteiger partial charge in [-0.2, -0.15) is 0 Å². The van der Waals surface area contributed by atoms with Gasteiger partial charge in [0, 0.05) is 18.3 Å². The molecule has 0 saturated carbocycles. The fourth-order valence-electron chi connectivity index (χ4n) is 6.22. The van der Waals surface area contributed by atoms with E-state index in [1.165, 1.54) is 17.7 Å². The standard InChI is InChI=1S/C34H41FN2O5/c1-4-7-25-14-26(18-31-34(25)42-21-41-31)27-17-30(24-8-10-29(11-9-24)40-13-12-38)37(19-27)20-32(39)36-33-22(5-2)15-28(35)16-23(33)6-3/h8-11,14-16,18,27,30,38H,4-7,12-13,17,19-21H2,1-3H3,(H,36,39)/t27-,30-/m1/s1. The molecule has 1 amide bonds. The van der Waals surface area contributed by atoms with Crippen molar-refractivity contribution in [2.45, 2.75) is 64.8 Å². The zero-order valence-corrected chi connectivity index (χ0v) is 24.7. The Hall–Kier alpha value is -3.62. The highest BCUT2D eigenvalue weighted by Crippen LogP contribution is 2.45. The third-order valence-corrected chi connectivity index (χ3v) is 8.23. The van der Waals surface area contributed by atoms with Gasteiger partial charge >= 0.3 is 0 Å². The lowest BCUT2D eigenvalue weighted by Crippen LogP contribution is -2.33. The maximum absolute atomic E-state index is 14.2. The van der Waals surface area contributed by atoms with Gasteiger partial charge in [0.1, 0.15) is 18.2 Å². The second-order valence-corrected chi connectivity index (χ2v) is 11.0. The van der Waals surface area contributed by atoms with Crippen molar-refractivity contribution in [1.29, 1.82) is 0 Å². The lowest BCUT2D eigenvalue weighted by molar-refractivity contribution is -0.117. The van der Waals surface area contributed by atoms with E-state index in [9.17, 15) is 9.18 Å². The maximum Gasteiger partial charge on any atom is 0.238 e. The van der Waals surface area contributed by atoms with Gasteiger partial charge in [-0.1, -0.05) is 45.4 Å². The average molecular weight is 577 g/mol. The summed E-state index contributed by atoms with van der Waals surface area (Å²) in [5, 5.41) is 12.2. The van der Waals surface area contributed by atoms with Crippen LogP contribution in [0.15, 0.2) is 48.5 Å². The van der Waals surface area contributed by atoms with Gasteiger partial charge in [0.25, 0.3) is 0 Å². The van der Waals surface area contributed by atoms with Crippen LogP contribution in [0.1, 0.15) is 73.4 Å². The number of hydrogen-bond donors (Lipinski definition) is 2. The van der Waals surface area contributed by atoms with E-state index in [1.807, 2.05) is 38.1 Å². The van der Waals surface area contributed by atoms with Crippen LogP contribution in [0, 0.1) is 5.82 Å². The summed E-state index contributed by atoms with van der Waals surface area (Å²) in [6, 6.07) is 15.3. The number of likely N-dealkylation sites (tertiary alicyclic amines) is 1. The molecule has 2 atom stereocenters. The molecule has 2 heterocycles. The molecule has 2 N–H and O–H groups in total. The number of carbonyl (C=O) groups excluding carboxylic acids is 1. The molecule has 1 saturated heterocycles. The first-order valence-corrected chi connectivity index (χ1v) is 15.0. The van der Waals surface area contributed by atoms with Gasteiger partial charge in [0.2, 0.25) is 12.7 Å². The van der Waals surface area contributed by atoms with E-state index in [2.05, 4.69) is 29.3 Å². The molecule has 5 rings (SSSR count). The number of nitrogens with zero attached hydrogens (tertiary/aromatic N) is 1. The molecule has 0 aliphatic carbocycles. The Bertz CT molecular complexity index is 1370.